The first-order valence-electron chi connectivity index (χ1n) is 9.33. The second-order valence-electron chi connectivity index (χ2n) is 7.35. The second-order valence-corrected chi connectivity index (χ2v) is 7.35. The van der Waals surface area contributed by atoms with Crippen LogP contribution in [0.25, 0.3) is 11.0 Å². The molecule has 1 saturated carbocycles. The summed E-state index contributed by atoms with van der Waals surface area (Å²) >= 11 is 0. The zero-order valence-corrected chi connectivity index (χ0v) is 15.6. The Balaban J connectivity index is 1.85. The number of nitrogens with zero attached hydrogens (tertiary/aromatic N) is 4. The maximum absolute atomic E-state index is 14.9. The predicted molar refractivity (Wildman–Crippen MR) is 104 cm³/mol. The Morgan fingerprint density at radius 2 is 2.21 bits per heavy atom. The molecule has 9 heteroatoms. The lowest BCUT2D eigenvalue weighted by atomic mass is 10.0. The van der Waals surface area contributed by atoms with Crippen molar-refractivity contribution in [3.63, 3.8) is 0 Å². The Bertz CT molecular complexity index is 1040. The Morgan fingerprint density at radius 1 is 1.46 bits per heavy atom. The SMILES string of the molecule is C/N=C1\CN(c2nc3c(cc2F)c(=O)c(C(=O)O)cn3C2CC2)CC1CCN. The van der Waals surface area contributed by atoms with Crippen molar-refractivity contribution in [1.29, 1.82) is 0 Å². The maximum Gasteiger partial charge on any atom is 0.341 e. The highest BCUT2D eigenvalue weighted by atomic mass is 19.1. The minimum atomic E-state index is -1.32. The van der Waals surface area contributed by atoms with Gasteiger partial charge in [0.15, 0.2) is 11.6 Å². The molecular weight excluding hydrogens is 365 g/mol. The van der Waals surface area contributed by atoms with Gasteiger partial charge in [-0.2, -0.15) is 0 Å². The summed E-state index contributed by atoms with van der Waals surface area (Å²) in [4.78, 5) is 34.6. The number of carboxylic acids is 1. The molecule has 1 unspecified atom stereocenters. The van der Waals surface area contributed by atoms with E-state index in [9.17, 15) is 19.1 Å². The molecule has 3 heterocycles. The second kappa shape index (κ2) is 6.97. The van der Waals surface area contributed by atoms with Gasteiger partial charge in [0, 0.05) is 37.5 Å². The van der Waals surface area contributed by atoms with Gasteiger partial charge in [0.05, 0.1) is 11.9 Å². The van der Waals surface area contributed by atoms with Crippen LogP contribution in [0.15, 0.2) is 22.1 Å². The van der Waals surface area contributed by atoms with Crippen molar-refractivity contribution in [3.05, 3.63) is 33.9 Å². The highest BCUT2D eigenvalue weighted by molar-refractivity contribution is 5.95. The molecule has 2 aromatic rings. The topological polar surface area (TPSA) is 114 Å². The fourth-order valence-corrected chi connectivity index (χ4v) is 3.88. The number of nitrogens with two attached hydrogens (primary N) is 1. The summed E-state index contributed by atoms with van der Waals surface area (Å²) in [6.45, 7) is 1.53. The number of halogens is 1. The van der Waals surface area contributed by atoms with E-state index in [4.69, 9.17) is 5.73 Å². The molecule has 0 amide bonds. The van der Waals surface area contributed by atoms with E-state index in [2.05, 4.69) is 9.98 Å². The molecule has 2 aromatic heterocycles. The number of rotatable bonds is 5. The number of pyridine rings is 2. The Hall–Kier alpha value is -2.81. The number of anilines is 1. The largest absolute Gasteiger partial charge is 0.477 e. The van der Waals surface area contributed by atoms with E-state index in [1.54, 1.807) is 11.6 Å². The lowest BCUT2D eigenvalue weighted by molar-refractivity contribution is 0.0695. The van der Waals surface area contributed by atoms with Crippen molar-refractivity contribution in [2.75, 3.05) is 31.6 Å². The molecular formula is C19H22FN5O3. The normalized spacial score (nSPS) is 21.0. The van der Waals surface area contributed by atoms with Crippen molar-refractivity contribution in [2.24, 2.45) is 16.6 Å². The number of aromatic nitrogens is 2. The van der Waals surface area contributed by atoms with Gasteiger partial charge >= 0.3 is 5.97 Å². The third-order valence-corrected chi connectivity index (χ3v) is 5.48. The van der Waals surface area contributed by atoms with Crippen LogP contribution in [0.4, 0.5) is 10.2 Å². The first-order valence-corrected chi connectivity index (χ1v) is 9.33. The summed E-state index contributed by atoms with van der Waals surface area (Å²) in [6, 6.07) is 1.20. The van der Waals surface area contributed by atoms with Gasteiger partial charge in [-0.3, -0.25) is 9.79 Å². The molecule has 1 atom stereocenters. The molecule has 28 heavy (non-hydrogen) atoms. The van der Waals surface area contributed by atoms with Crippen LogP contribution in [0.3, 0.4) is 0 Å². The van der Waals surface area contributed by atoms with Crippen molar-refractivity contribution < 1.29 is 14.3 Å². The van der Waals surface area contributed by atoms with Crippen LogP contribution in [0.1, 0.15) is 35.7 Å². The molecule has 2 aliphatic rings. The van der Waals surface area contributed by atoms with E-state index in [0.717, 1.165) is 31.0 Å². The molecule has 2 fully saturated rings. The third kappa shape index (κ3) is 3.05. The molecule has 4 rings (SSSR count). The smallest absolute Gasteiger partial charge is 0.341 e. The van der Waals surface area contributed by atoms with Crippen LogP contribution in [-0.4, -0.2) is 53.0 Å². The fourth-order valence-electron chi connectivity index (χ4n) is 3.88. The molecule has 0 radical (unpaired) electrons. The molecule has 1 aliphatic heterocycles. The van der Waals surface area contributed by atoms with Gasteiger partial charge in [0.2, 0.25) is 5.43 Å². The van der Waals surface area contributed by atoms with Crippen molar-refractivity contribution in [3.8, 4) is 0 Å². The van der Waals surface area contributed by atoms with Gasteiger partial charge < -0.3 is 20.3 Å². The zero-order valence-electron chi connectivity index (χ0n) is 15.6. The summed E-state index contributed by atoms with van der Waals surface area (Å²) in [6.07, 6.45) is 3.84. The summed E-state index contributed by atoms with van der Waals surface area (Å²) in [7, 11) is 1.71. The van der Waals surface area contributed by atoms with E-state index in [-0.39, 0.29) is 28.7 Å². The number of hydrogen-bond acceptors (Lipinski definition) is 6. The number of carboxylic acid groups (broad SMARTS) is 1. The van der Waals surface area contributed by atoms with Crippen molar-refractivity contribution >= 4 is 28.5 Å². The molecule has 1 aliphatic carbocycles. The minimum Gasteiger partial charge on any atom is -0.477 e. The Morgan fingerprint density at radius 3 is 2.82 bits per heavy atom. The quantitative estimate of drug-likeness (QED) is 0.802. The molecule has 8 nitrogen and oxygen atoms in total. The number of carbonyl (C=O) groups is 1. The number of fused-ring (bicyclic) bond motifs is 1. The van der Waals surface area contributed by atoms with Gasteiger partial charge in [-0.15, -0.1) is 0 Å². The minimum absolute atomic E-state index is 0.00450. The van der Waals surface area contributed by atoms with E-state index >= 15 is 0 Å². The van der Waals surface area contributed by atoms with Gasteiger partial charge in [-0.25, -0.2) is 14.2 Å². The third-order valence-electron chi connectivity index (χ3n) is 5.48. The highest BCUT2D eigenvalue weighted by Gasteiger charge is 2.32. The van der Waals surface area contributed by atoms with E-state index in [0.29, 0.717) is 25.3 Å². The number of hydrogen-bond donors (Lipinski definition) is 2. The monoisotopic (exact) mass is 387 g/mol. The van der Waals surface area contributed by atoms with Crippen molar-refractivity contribution in [2.45, 2.75) is 25.3 Å². The van der Waals surface area contributed by atoms with Crippen molar-refractivity contribution in [1.82, 2.24) is 9.55 Å². The summed E-state index contributed by atoms with van der Waals surface area (Å²) in [5, 5.41) is 9.32. The lowest BCUT2D eigenvalue weighted by Crippen LogP contribution is -2.25. The molecule has 3 N–H and O–H groups in total. The molecule has 1 saturated heterocycles. The van der Waals surface area contributed by atoms with Crippen LogP contribution in [0.5, 0.6) is 0 Å². The fraction of sp³-hybridized carbons (Fsp3) is 0.474. The van der Waals surface area contributed by atoms with Crippen LogP contribution < -0.4 is 16.1 Å². The molecule has 0 spiro atoms. The Kier molecular flexibility index (Phi) is 4.62. The zero-order chi connectivity index (χ0) is 20.0. The molecule has 148 valence electrons. The number of aliphatic imine (C=N–C) groups is 1. The number of aromatic carboxylic acids is 1. The maximum atomic E-state index is 14.9. The molecule has 0 aromatic carbocycles. The van der Waals surface area contributed by atoms with Gasteiger partial charge in [0.25, 0.3) is 0 Å². The van der Waals surface area contributed by atoms with Crippen LogP contribution in [0.2, 0.25) is 0 Å². The lowest BCUT2D eigenvalue weighted by Gasteiger charge is -2.19. The summed E-state index contributed by atoms with van der Waals surface area (Å²) in [5.41, 5.74) is 5.88. The molecule has 0 bridgehead atoms. The van der Waals surface area contributed by atoms with Gasteiger partial charge in [0.1, 0.15) is 11.2 Å². The average molecular weight is 387 g/mol. The van der Waals surface area contributed by atoms with Crippen LogP contribution in [0, 0.1) is 11.7 Å². The standard InChI is InChI=1S/C19H22FN5O3/c1-22-15-9-24(7-10(15)4-5-21)18-14(20)6-12-16(26)13(19(27)28)8-25(11-2-3-11)17(12)23-18/h6,8,10-11H,2-5,7,9,21H2,1H3,(H,27,28)/b22-15+. The van der Waals surface area contributed by atoms with Crippen LogP contribution >= 0.6 is 0 Å². The highest BCUT2D eigenvalue weighted by Crippen LogP contribution is 2.37. The summed E-state index contributed by atoms with van der Waals surface area (Å²) < 4.78 is 16.6. The van der Waals surface area contributed by atoms with E-state index in [1.165, 1.54) is 6.20 Å². The summed E-state index contributed by atoms with van der Waals surface area (Å²) in [5.74, 6) is -1.66. The Labute approximate surface area is 160 Å². The van der Waals surface area contributed by atoms with E-state index in [1.807, 2.05) is 4.90 Å². The van der Waals surface area contributed by atoms with Gasteiger partial charge in [-0.1, -0.05) is 0 Å². The first kappa shape index (κ1) is 18.5. The van der Waals surface area contributed by atoms with Crippen LogP contribution in [-0.2, 0) is 0 Å². The van der Waals surface area contributed by atoms with Gasteiger partial charge in [-0.05, 0) is 31.9 Å². The predicted octanol–water partition coefficient (Wildman–Crippen LogP) is 1.42. The van der Waals surface area contributed by atoms with E-state index < -0.39 is 17.2 Å². The average Bonchev–Trinajstić information content (AvgIpc) is 3.42. The first-order chi connectivity index (χ1) is 13.4.